The van der Waals surface area contributed by atoms with Gasteiger partial charge in [0.2, 0.25) is 15.9 Å². The minimum atomic E-state index is -3.39. The summed E-state index contributed by atoms with van der Waals surface area (Å²) in [6.45, 7) is 4.92. The van der Waals surface area contributed by atoms with Gasteiger partial charge in [-0.2, -0.15) is 0 Å². The first-order valence-electron chi connectivity index (χ1n) is 10.6. The Morgan fingerprint density at radius 1 is 1.07 bits per heavy atom. The zero-order valence-corrected chi connectivity index (χ0v) is 18.5. The van der Waals surface area contributed by atoms with Gasteiger partial charge in [-0.1, -0.05) is 18.2 Å². The van der Waals surface area contributed by atoms with E-state index >= 15 is 0 Å². The molecule has 3 aliphatic rings. The van der Waals surface area contributed by atoms with Crippen molar-refractivity contribution in [2.75, 3.05) is 50.8 Å². The lowest BCUT2D eigenvalue weighted by Gasteiger charge is -2.46. The number of hydrogen-bond acceptors (Lipinski definition) is 4. The Morgan fingerprint density at radius 3 is 2.30 bits per heavy atom. The predicted molar refractivity (Wildman–Crippen MR) is 114 cm³/mol. The summed E-state index contributed by atoms with van der Waals surface area (Å²) in [5.74, 6) is 0.0818. The molecule has 1 unspecified atom stereocenters. The lowest BCUT2D eigenvalue weighted by molar-refractivity contribution is -0.141. The molecule has 0 saturated carbocycles. The molecule has 3 fully saturated rings. The molecular weight excluding hydrogens is 404 g/mol. The number of likely N-dealkylation sites (tertiary alicyclic amines) is 2. The number of para-hydroxylation sites is 1. The SMILES string of the molecule is CCN1CCC2(CN(S(C)(=O)=O)CC23CCN(C(=O)Nc2ccccc2)CC3)C1=O. The highest BCUT2D eigenvalue weighted by molar-refractivity contribution is 7.88. The molecule has 164 valence electrons. The molecule has 0 bridgehead atoms. The fraction of sp³-hybridized carbons (Fsp3) is 0.619. The van der Waals surface area contributed by atoms with Gasteiger partial charge in [-0.05, 0) is 38.3 Å². The number of hydrogen-bond donors (Lipinski definition) is 1. The standard InChI is InChI=1S/C21H30N4O4S/c1-3-23-14-11-21(18(23)26)16-25(30(2,28)29)15-20(21)9-12-24(13-10-20)19(27)22-17-7-5-4-6-8-17/h4-8H,3,9-16H2,1-2H3,(H,22,27). The zero-order valence-electron chi connectivity index (χ0n) is 17.6. The van der Waals surface area contributed by atoms with Gasteiger partial charge in [-0.15, -0.1) is 0 Å². The smallest absolute Gasteiger partial charge is 0.321 e. The second-order valence-corrected chi connectivity index (χ2v) is 10.8. The van der Waals surface area contributed by atoms with E-state index < -0.39 is 20.9 Å². The molecular formula is C21H30N4O4S. The number of urea groups is 1. The van der Waals surface area contributed by atoms with Crippen molar-refractivity contribution >= 4 is 27.6 Å². The third-order valence-electron chi connectivity index (χ3n) is 7.33. The van der Waals surface area contributed by atoms with Gasteiger partial charge in [0, 0.05) is 50.4 Å². The molecule has 3 aliphatic heterocycles. The number of amides is 3. The minimum absolute atomic E-state index is 0.0818. The van der Waals surface area contributed by atoms with Crippen molar-refractivity contribution in [2.24, 2.45) is 10.8 Å². The van der Waals surface area contributed by atoms with E-state index in [0.717, 1.165) is 5.69 Å². The normalized spacial score (nSPS) is 26.7. The van der Waals surface area contributed by atoms with Crippen molar-refractivity contribution < 1.29 is 18.0 Å². The lowest BCUT2D eigenvalue weighted by atomic mass is 9.60. The van der Waals surface area contributed by atoms with Gasteiger partial charge in [-0.3, -0.25) is 4.79 Å². The number of piperidine rings is 1. The highest BCUT2D eigenvalue weighted by Gasteiger charge is 2.66. The second-order valence-electron chi connectivity index (χ2n) is 8.81. The van der Waals surface area contributed by atoms with Gasteiger partial charge in [0.1, 0.15) is 0 Å². The van der Waals surface area contributed by atoms with Crippen LogP contribution in [-0.2, 0) is 14.8 Å². The van der Waals surface area contributed by atoms with Crippen LogP contribution >= 0.6 is 0 Å². The summed E-state index contributed by atoms with van der Waals surface area (Å²) in [7, 11) is -3.39. The molecule has 3 saturated heterocycles. The predicted octanol–water partition coefficient (Wildman–Crippen LogP) is 1.81. The van der Waals surface area contributed by atoms with E-state index in [9.17, 15) is 18.0 Å². The topological polar surface area (TPSA) is 90.0 Å². The fourth-order valence-corrected chi connectivity index (χ4v) is 6.46. The van der Waals surface area contributed by atoms with Crippen LogP contribution in [0.15, 0.2) is 30.3 Å². The van der Waals surface area contributed by atoms with Crippen LogP contribution in [0, 0.1) is 10.8 Å². The number of nitrogens with zero attached hydrogens (tertiary/aromatic N) is 3. The molecule has 4 rings (SSSR count). The van der Waals surface area contributed by atoms with Crippen LogP contribution < -0.4 is 5.32 Å². The van der Waals surface area contributed by atoms with Crippen LogP contribution in [0.1, 0.15) is 26.2 Å². The van der Waals surface area contributed by atoms with E-state index in [4.69, 9.17) is 0 Å². The maximum atomic E-state index is 13.4. The van der Waals surface area contributed by atoms with E-state index in [-0.39, 0.29) is 18.5 Å². The van der Waals surface area contributed by atoms with Gasteiger partial charge >= 0.3 is 6.03 Å². The molecule has 1 atom stereocenters. The Labute approximate surface area is 178 Å². The summed E-state index contributed by atoms with van der Waals surface area (Å²) >= 11 is 0. The van der Waals surface area contributed by atoms with Gasteiger partial charge < -0.3 is 15.1 Å². The number of sulfonamides is 1. The highest BCUT2D eigenvalue weighted by atomic mass is 32.2. The summed E-state index contributed by atoms with van der Waals surface area (Å²) in [6.07, 6.45) is 3.16. The minimum Gasteiger partial charge on any atom is -0.342 e. The third kappa shape index (κ3) is 3.37. The number of carbonyl (C=O) groups excluding carboxylic acids is 2. The fourth-order valence-electron chi connectivity index (χ4n) is 5.52. The van der Waals surface area contributed by atoms with Gasteiger partial charge in [0.15, 0.2) is 0 Å². The first kappa shape index (κ1) is 21.1. The summed E-state index contributed by atoms with van der Waals surface area (Å²) < 4.78 is 26.2. The Kier molecular flexibility index (Phi) is 5.30. The summed E-state index contributed by atoms with van der Waals surface area (Å²) in [5.41, 5.74) is -0.345. The second kappa shape index (κ2) is 7.53. The van der Waals surface area contributed by atoms with E-state index in [0.29, 0.717) is 52.0 Å². The number of benzene rings is 1. The monoisotopic (exact) mass is 434 g/mol. The van der Waals surface area contributed by atoms with Gasteiger partial charge in [0.05, 0.1) is 11.7 Å². The van der Waals surface area contributed by atoms with Crippen LogP contribution in [0.3, 0.4) is 0 Å². The third-order valence-corrected chi connectivity index (χ3v) is 8.53. The number of anilines is 1. The Balaban J connectivity index is 1.54. The van der Waals surface area contributed by atoms with Crippen molar-refractivity contribution in [1.82, 2.24) is 14.1 Å². The van der Waals surface area contributed by atoms with Crippen molar-refractivity contribution in [2.45, 2.75) is 26.2 Å². The number of carbonyl (C=O) groups is 2. The molecule has 1 aromatic carbocycles. The van der Waals surface area contributed by atoms with Crippen molar-refractivity contribution in [3.8, 4) is 0 Å². The Hall–Kier alpha value is -2.13. The van der Waals surface area contributed by atoms with E-state index in [1.54, 1.807) is 4.90 Å². The first-order valence-corrected chi connectivity index (χ1v) is 12.4. The summed E-state index contributed by atoms with van der Waals surface area (Å²) in [6, 6.07) is 9.16. The molecule has 3 amide bonds. The van der Waals surface area contributed by atoms with Crippen LogP contribution in [0.5, 0.6) is 0 Å². The van der Waals surface area contributed by atoms with Crippen LogP contribution in [0.4, 0.5) is 10.5 Å². The molecule has 8 nitrogen and oxygen atoms in total. The lowest BCUT2D eigenvalue weighted by Crippen LogP contribution is -2.54. The number of rotatable bonds is 3. The molecule has 0 radical (unpaired) electrons. The highest BCUT2D eigenvalue weighted by Crippen LogP contribution is 2.58. The van der Waals surface area contributed by atoms with Crippen LogP contribution in [0.25, 0.3) is 0 Å². The average Bonchev–Trinajstić information content (AvgIpc) is 3.22. The van der Waals surface area contributed by atoms with Crippen LogP contribution in [-0.4, -0.2) is 80.0 Å². The van der Waals surface area contributed by atoms with Gasteiger partial charge in [0.25, 0.3) is 0 Å². The van der Waals surface area contributed by atoms with Crippen molar-refractivity contribution in [3.63, 3.8) is 0 Å². The van der Waals surface area contributed by atoms with Gasteiger partial charge in [-0.25, -0.2) is 17.5 Å². The van der Waals surface area contributed by atoms with E-state index in [1.165, 1.54) is 10.6 Å². The number of fused-ring (bicyclic) bond motifs is 1. The average molecular weight is 435 g/mol. The summed E-state index contributed by atoms with van der Waals surface area (Å²) in [4.78, 5) is 29.7. The molecule has 9 heteroatoms. The number of nitrogens with one attached hydrogen (secondary N) is 1. The van der Waals surface area contributed by atoms with Crippen molar-refractivity contribution in [1.29, 1.82) is 0 Å². The molecule has 3 heterocycles. The Morgan fingerprint density at radius 2 is 1.73 bits per heavy atom. The quantitative estimate of drug-likeness (QED) is 0.786. The van der Waals surface area contributed by atoms with E-state index in [2.05, 4.69) is 5.32 Å². The molecule has 1 N–H and O–H groups in total. The van der Waals surface area contributed by atoms with Crippen molar-refractivity contribution in [3.05, 3.63) is 30.3 Å². The largest absolute Gasteiger partial charge is 0.342 e. The Bertz CT molecular complexity index is 928. The first-order chi connectivity index (χ1) is 14.2. The molecule has 0 aromatic heterocycles. The molecule has 30 heavy (non-hydrogen) atoms. The molecule has 0 aliphatic carbocycles. The summed E-state index contributed by atoms with van der Waals surface area (Å²) in [5, 5.41) is 2.92. The maximum absolute atomic E-state index is 13.4. The zero-order chi connectivity index (χ0) is 21.6. The maximum Gasteiger partial charge on any atom is 0.321 e. The molecule has 2 spiro atoms. The molecule has 1 aromatic rings. The van der Waals surface area contributed by atoms with Crippen LogP contribution in [0.2, 0.25) is 0 Å². The van der Waals surface area contributed by atoms with E-state index in [1.807, 2.05) is 42.2 Å².